The van der Waals surface area contributed by atoms with Crippen molar-refractivity contribution in [1.82, 2.24) is 0 Å². The van der Waals surface area contributed by atoms with E-state index in [0.717, 1.165) is 36.9 Å². The van der Waals surface area contributed by atoms with Crippen LogP contribution in [0.5, 0.6) is 0 Å². The van der Waals surface area contributed by atoms with Crippen molar-refractivity contribution in [3.8, 4) is 0 Å². The van der Waals surface area contributed by atoms with Gasteiger partial charge in [0.1, 0.15) is 11.5 Å². The number of ether oxygens (including phenoxy) is 1. The van der Waals surface area contributed by atoms with Gasteiger partial charge in [-0.05, 0) is 54.2 Å². The fourth-order valence-electron chi connectivity index (χ4n) is 3.31. The zero-order chi connectivity index (χ0) is 23.0. The highest BCUT2D eigenvalue weighted by Crippen LogP contribution is 2.37. The zero-order valence-electron chi connectivity index (χ0n) is 19.0. The first kappa shape index (κ1) is 26.1. The number of rotatable bonds is 12. The average Bonchev–Trinajstić information content (AvgIpc) is 3.09. The summed E-state index contributed by atoms with van der Waals surface area (Å²) in [5, 5.41) is 3.35. The number of thioether (sulfide) groups is 1. The van der Waals surface area contributed by atoms with Gasteiger partial charge in [0.2, 0.25) is 0 Å². The number of carbonyl (C=O) groups excluding carboxylic acids is 2. The van der Waals surface area contributed by atoms with E-state index in [0.29, 0.717) is 21.5 Å². The fourth-order valence-corrected chi connectivity index (χ4v) is 4.94. The van der Waals surface area contributed by atoms with E-state index in [1.54, 1.807) is 0 Å². The predicted octanol–water partition coefficient (Wildman–Crippen LogP) is 7.16. The van der Waals surface area contributed by atoms with Crippen molar-refractivity contribution >= 4 is 51.6 Å². The SMILES string of the molecule is C=C(CCCCC)C(=O)C1=CC(OCI)C(Nc2ccc(C(=O)CC(C)(C)C)cc2)S1. The molecule has 0 aromatic heterocycles. The molecule has 0 saturated heterocycles. The van der Waals surface area contributed by atoms with E-state index >= 15 is 0 Å². The van der Waals surface area contributed by atoms with Gasteiger partial charge >= 0.3 is 0 Å². The van der Waals surface area contributed by atoms with Crippen LogP contribution in [0.3, 0.4) is 0 Å². The van der Waals surface area contributed by atoms with Crippen molar-refractivity contribution in [1.29, 1.82) is 0 Å². The quantitative estimate of drug-likeness (QED) is 0.0976. The third-order valence-corrected chi connectivity index (χ3v) is 6.53. The highest BCUT2D eigenvalue weighted by Gasteiger charge is 2.32. The van der Waals surface area contributed by atoms with Gasteiger partial charge in [-0.1, -0.05) is 81.5 Å². The summed E-state index contributed by atoms with van der Waals surface area (Å²) in [6, 6.07) is 7.56. The monoisotopic (exact) mass is 555 g/mol. The second kappa shape index (κ2) is 12.2. The highest BCUT2D eigenvalue weighted by molar-refractivity contribution is 14.1. The number of halogens is 1. The van der Waals surface area contributed by atoms with Crippen molar-refractivity contribution in [3.05, 3.63) is 53.0 Å². The van der Waals surface area contributed by atoms with Crippen LogP contribution in [0.4, 0.5) is 5.69 Å². The van der Waals surface area contributed by atoms with Crippen molar-refractivity contribution in [2.24, 2.45) is 5.41 Å². The molecule has 0 amide bonds. The Morgan fingerprint density at radius 2 is 1.87 bits per heavy atom. The molecule has 4 nitrogen and oxygen atoms in total. The predicted molar refractivity (Wildman–Crippen MR) is 140 cm³/mol. The minimum atomic E-state index is -0.202. The molecule has 0 fully saturated rings. The number of ketones is 2. The van der Waals surface area contributed by atoms with Gasteiger partial charge in [-0.15, -0.1) is 0 Å². The Labute approximate surface area is 204 Å². The van der Waals surface area contributed by atoms with Gasteiger partial charge in [-0.3, -0.25) is 9.59 Å². The van der Waals surface area contributed by atoms with Crippen LogP contribution < -0.4 is 5.32 Å². The van der Waals surface area contributed by atoms with Gasteiger partial charge in [-0.25, -0.2) is 0 Å². The van der Waals surface area contributed by atoms with Crippen LogP contribution in [0.1, 0.15) is 70.2 Å². The van der Waals surface area contributed by atoms with Gasteiger partial charge < -0.3 is 10.1 Å². The Hall–Kier alpha value is -1.12. The molecule has 1 aromatic rings. The second-order valence-corrected chi connectivity index (χ2v) is 10.9. The van der Waals surface area contributed by atoms with Crippen LogP contribution in [0.15, 0.2) is 47.4 Å². The van der Waals surface area contributed by atoms with Gasteiger partial charge in [0.25, 0.3) is 0 Å². The molecule has 6 heteroatoms. The third kappa shape index (κ3) is 8.39. The minimum Gasteiger partial charge on any atom is -0.370 e. The number of benzene rings is 1. The van der Waals surface area contributed by atoms with Crippen molar-refractivity contribution in [2.45, 2.75) is 71.3 Å². The first-order valence-electron chi connectivity index (χ1n) is 10.8. The molecule has 1 aliphatic heterocycles. The van der Waals surface area contributed by atoms with Crippen LogP contribution in [0.25, 0.3) is 0 Å². The van der Waals surface area contributed by atoms with Crippen LogP contribution >= 0.6 is 34.4 Å². The van der Waals surface area contributed by atoms with E-state index in [2.05, 4.69) is 62.2 Å². The Bertz CT molecular complexity index is 811. The maximum absolute atomic E-state index is 12.8. The Kier molecular flexibility index (Phi) is 10.3. The van der Waals surface area contributed by atoms with Crippen molar-refractivity contribution in [2.75, 3.05) is 9.93 Å². The fraction of sp³-hybridized carbons (Fsp3) is 0.520. The molecule has 0 bridgehead atoms. The molecule has 170 valence electrons. The summed E-state index contributed by atoms with van der Waals surface area (Å²) in [5.41, 5.74) is 2.25. The van der Waals surface area contributed by atoms with E-state index in [9.17, 15) is 9.59 Å². The maximum Gasteiger partial charge on any atom is 0.194 e. The lowest BCUT2D eigenvalue weighted by Crippen LogP contribution is -2.28. The van der Waals surface area contributed by atoms with Crippen molar-refractivity contribution < 1.29 is 14.3 Å². The standard InChI is InChI=1S/C25H34INO3S/c1-6-7-8-9-17(2)23(29)22-14-21(30-16-26)24(31-22)27-19-12-10-18(11-13-19)20(28)15-25(3,4)5/h10-14,21,24,27H,2,6-9,15-16H2,1,3-5H3. The number of allylic oxidation sites excluding steroid dienone is 2. The molecule has 2 unspecified atom stereocenters. The van der Waals surface area contributed by atoms with Gasteiger partial charge in [0.05, 0.1) is 9.52 Å². The number of hydrogen-bond donors (Lipinski definition) is 1. The van der Waals surface area contributed by atoms with E-state index in [-0.39, 0.29) is 28.5 Å². The molecule has 0 aliphatic carbocycles. The van der Waals surface area contributed by atoms with Gasteiger partial charge in [0, 0.05) is 17.7 Å². The minimum absolute atomic E-state index is 0.0237. The molecule has 2 rings (SSSR count). The molecule has 1 aromatic carbocycles. The summed E-state index contributed by atoms with van der Waals surface area (Å²) in [5.74, 6) is 0.173. The molecule has 1 N–H and O–H groups in total. The number of Topliss-reactive ketones (excluding diaryl/α,β-unsaturated/α-hetero) is 2. The van der Waals surface area contributed by atoms with Crippen LogP contribution in [0, 0.1) is 5.41 Å². The molecule has 1 heterocycles. The zero-order valence-corrected chi connectivity index (χ0v) is 22.0. The molecule has 0 saturated carbocycles. The average molecular weight is 556 g/mol. The summed E-state index contributed by atoms with van der Waals surface area (Å²) in [6.07, 6.45) is 6.19. The number of unbranched alkanes of at least 4 members (excludes halogenated alkanes) is 2. The first-order valence-corrected chi connectivity index (χ1v) is 13.2. The van der Waals surface area contributed by atoms with E-state index in [1.165, 1.54) is 11.8 Å². The van der Waals surface area contributed by atoms with Crippen LogP contribution in [0.2, 0.25) is 0 Å². The van der Waals surface area contributed by atoms with Crippen LogP contribution in [-0.2, 0) is 9.53 Å². The summed E-state index contributed by atoms with van der Waals surface area (Å²) < 4.78 is 6.39. The lowest BCUT2D eigenvalue weighted by atomic mass is 9.88. The summed E-state index contributed by atoms with van der Waals surface area (Å²) >= 11 is 3.66. The third-order valence-electron chi connectivity index (χ3n) is 4.96. The number of carbonyl (C=O) groups is 2. The molecule has 2 atom stereocenters. The smallest absolute Gasteiger partial charge is 0.194 e. The largest absolute Gasteiger partial charge is 0.370 e. The van der Waals surface area contributed by atoms with E-state index in [1.807, 2.05) is 30.3 Å². The first-order chi connectivity index (χ1) is 14.6. The van der Waals surface area contributed by atoms with Gasteiger partial charge in [-0.2, -0.15) is 0 Å². The molecule has 0 spiro atoms. The molecular weight excluding hydrogens is 521 g/mol. The summed E-state index contributed by atoms with van der Waals surface area (Å²) in [4.78, 5) is 25.9. The number of anilines is 1. The molecular formula is C25H34INO3S. The molecule has 1 aliphatic rings. The number of hydrogen-bond acceptors (Lipinski definition) is 5. The second-order valence-electron chi connectivity index (χ2n) is 9.08. The number of nitrogens with one attached hydrogen (secondary N) is 1. The Balaban J connectivity index is 2.02. The van der Waals surface area contributed by atoms with E-state index < -0.39 is 0 Å². The summed E-state index contributed by atoms with van der Waals surface area (Å²) in [7, 11) is 0. The Morgan fingerprint density at radius 3 is 2.45 bits per heavy atom. The number of alkyl halides is 1. The van der Waals surface area contributed by atoms with Gasteiger partial charge in [0.15, 0.2) is 11.6 Å². The highest BCUT2D eigenvalue weighted by atomic mass is 127. The normalized spacial score (nSPS) is 18.5. The van der Waals surface area contributed by atoms with Crippen LogP contribution in [-0.4, -0.2) is 27.7 Å². The van der Waals surface area contributed by atoms with E-state index in [4.69, 9.17) is 4.74 Å². The maximum atomic E-state index is 12.8. The molecule has 0 radical (unpaired) electrons. The summed E-state index contributed by atoms with van der Waals surface area (Å²) in [6.45, 7) is 12.3. The molecule has 31 heavy (non-hydrogen) atoms. The Morgan fingerprint density at radius 1 is 1.19 bits per heavy atom. The lowest BCUT2D eigenvalue weighted by Gasteiger charge is -2.21. The lowest BCUT2D eigenvalue weighted by molar-refractivity contribution is -0.111. The van der Waals surface area contributed by atoms with Crippen molar-refractivity contribution in [3.63, 3.8) is 0 Å². The topological polar surface area (TPSA) is 55.4 Å².